The van der Waals surface area contributed by atoms with E-state index in [4.69, 9.17) is 15.0 Å². The second-order valence-corrected chi connectivity index (χ2v) is 5.08. The van der Waals surface area contributed by atoms with Crippen LogP contribution in [0.4, 0.5) is 0 Å². The fraction of sp³-hybridized carbons (Fsp3) is 0.500. The van der Waals surface area contributed by atoms with Crippen LogP contribution in [0.15, 0.2) is 17.2 Å². The predicted octanol–water partition coefficient (Wildman–Crippen LogP) is 0.188. The van der Waals surface area contributed by atoms with E-state index in [-0.39, 0.29) is 24.5 Å². The number of carbonyl (C=O) groups is 3. The summed E-state index contributed by atoms with van der Waals surface area (Å²) in [6.45, 7) is 0.917. The van der Waals surface area contributed by atoms with Gasteiger partial charge in [0.25, 0.3) is 17.9 Å². The quantitative estimate of drug-likeness (QED) is 0.671. The van der Waals surface area contributed by atoms with Crippen molar-refractivity contribution in [2.24, 2.45) is 5.92 Å². The summed E-state index contributed by atoms with van der Waals surface area (Å²) in [6.07, 6.45) is 4.89. The fourth-order valence-corrected chi connectivity index (χ4v) is 2.41. The molecule has 9 heteroatoms. The SMILES string of the molecule is O=C(O)CCC1CCN(C(=O)c2cncc(=O)[nH]2)CC1.O=CO. The van der Waals surface area contributed by atoms with Crippen molar-refractivity contribution < 1.29 is 24.6 Å². The number of carboxylic acids is 1. The molecule has 3 N–H and O–H groups in total. The third kappa shape index (κ3) is 6.29. The number of nitrogens with one attached hydrogen (secondary N) is 1. The standard InChI is InChI=1S/C13H17N3O4.CH2O2/c17-11-8-14-7-10(15-11)13(20)16-5-3-9(4-6-16)1-2-12(18)19;2-1-3/h7-9H,1-6H2,(H,15,17)(H,18,19);1H,(H,2,3). The van der Waals surface area contributed by atoms with E-state index in [1.807, 2.05) is 0 Å². The second-order valence-electron chi connectivity index (χ2n) is 5.08. The van der Waals surface area contributed by atoms with Crippen LogP contribution in [-0.2, 0) is 9.59 Å². The summed E-state index contributed by atoms with van der Waals surface area (Å²) in [5, 5.41) is 15.5. The molecule has 1 fully saturated rings. The zero-order valence-electron chi connectivity index (χ0n) is 12.5. The van der Waals surface area contributed by atoms with Gasteiger partial charge in [0.15, 0.2) is 0 Å². The van der Waals surface area contributed by atoms with Crippen LogP contribution in [0.3, 0.4) is 0 Å². The third-order valence-electron chi connectivity index (χ3n) is 3.55. The molecular formula is C14H19N3O6. The lowest BCUT2D eigenvalue weighted by atomic mass is 9.92. The Morgan fingerprint density at radius 2 is 1.96 bits per heavy atom. The molecule has 2 rings (SSSR count). The van der Waals surface area contributed by atoms with Gasteiger partial charge in [0.2, 0.25) is 0 Å². The average Bonchev–Trinajstić information content (AvgIpc) is 2.53. The third-order valence-corrected chi connectivity index (χ3v) is 3.55. The number of H-pyrrole nitrogens is 1. The molecule has 1 aromatic rings. The summed E-state index contributed by atoms with van der Waals surface area (Å²) in [5.74, 6) is -0.661. The van der Waals surface area contributed by atoms with Crippen molar-refractivity contribution >= 4 is 18.3 Å². The van der Waals surface area contributed by atoms with Crippen LogP contribution in [0.1, 0.15) is 36.2 Å². The maximum absolute atomic E-state index is 12.1. The number of carbonyl (C=O) groups excluding carboxylic acids is 1. The highest BCUT2D eigenvalue weighted by Gasteiger charge is 2.24. The molecule has 126 valence electrons. The first-order valence-electron chi connectivity index (χ1n) is 7.11. The zero-order chi connectivity index (χ0) is 17.2. The summed E-state index contributed by atoms with van der Waals surface area (Å²) < 4.78 is 0. The minimum Gasteiger partial charge on any atom is -0.483 e. The molecule has 0 aliphatic carbocycles. The van der Waals surface area contributed by atoms with Gasteiger partial charge in [-0.3, -0.25) is 24.2 Å². The van der Waals surface area contributed by atoms with Crippen LogP contribution in [0.25, 0.3) is 0 Å². The maximum atomic E-state index is 12.1. The molecule has 9 nitrogen and oxygen atoms in total. The lowest BCUT2D eigenvalue weighted by Gasteiger charge is -2.31. The minimum absolute atomic E-state index is 0.175. The summed E-state index contributed by atoms with van der Waals surface area (Å²) in [4.78, 5) is 50.0. The first-order valence-corrected chi connectivity index (χ1v) is 7.11. The second kappa shape index (κ2) is 9.34. The lowest BCUT2D eigenvalue weighted by molar-refractivity contribution is -0.137. The molecule has 1 aliphatic rings. The van der Waals surface area contributed by atoms with Gasteiger partial charge in [0.05, 0.1) is 12.4 Å². The first kappa shape index (κ1) is 18.3. The van der Waals surface area contributed by atoms with Gasteiger partial charge in [-0.05, 0) is 25.2 Å². The molecule has 0 saturated carbocycles. The highest BCUT2D eigenvalue weighted by Crippen LogP contribution is 2.22. The number of aliphatic carboxylic acids is 1. The van der Waals surface area contributed by atoms with E-state index >= 15 is 0 Å². The highest BCUT2D eigenvalue weighted by atomic mass is 16.4. The molecule has 0 bridgehead atoms. The summed E-state index contributed by atoms with van der Waals surface area (Å²) in [5.41, 5.74) is -0.200. The number of hydrogen-bond donors (Lipinski definition) is 3. The number of rotatable bonds is 4. The van der Waals surface area contributed by atoms with Gasteiger partial charge in [0.1, 0.15) is 5.69 Å². The van der Waals surface area contributed by atoms with Gasteiger partial charge < -0.3 is 20.1 Å². The van der Waals surface area contributed by atoms with Crippen LogP contribution in [-0.4, -0.2) is 56.5 Å². The fourth-order valence-electron chi connectivity index (χ4n) is 2.41. The van der Waals surface area contributed by atoms with Crippen molar-refractivity contribution in [3.63, 3.8) is 0 Å². The number of hydrogen-bond acceptors (Lipinski definition) is 5. The molecule has 1 saturated heterocycles. The van der Waals surface area contributed by atoms with E-state index in [1.54, 1.807) is 4.90 Å². The Kier molecular flexibility index (Phi) is 7.44. The molecular weight excluding hydrogens is 306 g/mol. The molecule has 1 amide bonds. The highest BCUT2D eigenvalue weighted by molar-refractivity contribution is 5.92. The van der Waals surface area contributed by atoms with E-state index in [1.165, 1.54) is 6.20 Å². The largest absolute Gasteiger partial charge is 0.483 e. The van der Waals surface area contributed by atoms with E-state index in [0.717, 1.165) is 19.0 Å². The smallest absolute Gasteiger partial charge is 0.303 e. The summed E-state index contributed by atoms with van der Waals surface area (Å²) in [7, 11) is 0. The number of piperidine rings is 1. The number of carboxylic acid groups (broad SMARTS) is 2. The molecule has 0 spiro atoms. The molecule has 23 heavy (non-hydrogen) atoms. The number of nitrogens with zero attached hydrogens (tertiary/aromatic N) is 2. The van der Waals surface area contributed by atoms with Crippen LogP contribution in [0.5, 0.6) is 0 Å². The minimum atomic E-state index is -0.781. The Morgan fingerprint density at radius 3 is 2.48 bits per heavy atom. The van der Waals surface area contributed by atoms with Gasteiger partial charge in [-0.15, -0.1) is 0 Å². The van der Waals surface area contributed by atoms with Crippen molar-refractivity contribution in [1.29, 1.82) is 0 Å². The first-order chi connectivity index (χ1) is 11.0. The van der Waals surface area contributed by atoms with Crippen molar-refractivity contribution in [3.05, 3.63) is 28.4 Å². The van der Waals surface area contributed by atoms with E-state index in [0.29, 0.717) is 25.4 Å². The van der Waals surface area contributed by atoms with Crippen LogP contribution < -0.4 is 5.56 Å². The molecule has 0 radical (unpaired) electrons. The van der Waals surface area contributed by atoms with Crippen LogP contribution >= 0.6 is 0 Å². The van der Waals surface area contributed by atoms with E-state index in [9.17, 15) is 14.4 Å². The number of aromatic amines is 1. The van der Waals surface area contributed by atoms with Crippen molar-refractivity contribution in [1.82, 2.24) is 14.9 Å². The van der Waals surface area contributed by atoms with E-state index in [2.05, 4.69) is 9.97 Å². The Labute approximate surface area is 132 Å². The van der Waals surface area contributed by atoms with Gasteiger partial charge >= 0.3 is 5.97 Å². The van der Waals surface area contributed by atoms with Crippen LogP contribution in [0.2, 0.25) is 0 Å². The maximum Gasteiger partial charge on any atom is 0.303 e. The van der Waals surface area contributed by atoms with Crippen LogP contribution in [0, 0.1) is 5.92 Å². The Hall–Kier alpha value is -2.71. The zero-order valence-corrected chi connectivity index (χ0v) is 12.5. The lowest BCUT2D eigenvalue weighted by Crippen LogP contribution is -2.39. The van der Waals surface area contributed by atoms with Gasteiger partial charge in [-0.1, -0.05) is 0 Å². The summed E-state index contributed by atoms with van der Waals surface area (Å²) >= 11 is 0. The van der Waals surface area contributed by atoms with Crippen molar-refractivity contribution in [3.8, 4) is 0 Å². The van der Waals surface area contributed by atoms with Gasteiger partial charge in [-0.25, -0.2) is 0 Å². The van der Waals surface area contributed by atoms with Gasteiger partial charge in [0, 0.05) is 19.5 Å². The Balaban J connectivity index is 0.000000816. The molecule has 0 atom stereocenters. The molecule has 1 aliphatic heterocycles. The Bertz CT molecular complexity index is 592. The molecule has 0 aromatic carbocycles. The summed E-state index contributed by atoms with van der Waals surface area (Å²) in [6, 6.07) is 0. The number of likely N-dealkylation sites (tertiary alicyclic amines) is 1. The average molecular weight is 325 g/mol. The van der Waals surface area contributed by atoms with E-state index < -0.39 is 11.5 Å². The predicted molar refractivity (Wildman–Crippen MR) is 79.0 cm³/mol. The normalized spacial score (nSPS) is 14.5. The number of aromatic nitrogens is 2. The molecule has 0 unspecified atom stereocenters. The van der Waals surface area contributed by atoms with Gasteiger partial charge in [-0.2, -0.15) is 0 Å². The monoisotopic (exact) mass is 325 g/mol. The topological polar surface area (TPSA) is 141 Å². The number of amides is 1. The molecule has 1 aromatic heterocycles. The molecule has 2 heterocycles. The van der Waals surface area contributed by atoms with Crippen molar-refractivity contribution in [2.45, 2.75) is 25.7 Å². The Morgan fingerprint density at radius 1 is 1.35 bits per heavy atom. The van der Waals surface area contributed by atoms with Crippen molar-refractivity contribution in [2.75, 3.05) is 13.1 Å².